The van der Waals surface area contributed by atoms with Gasteiger partial charge < -0.3 is 137 Å². The first-order chi connectivity index (χ1) is 32.2. The van der Waals surface area contributed by atoms with Crippen molar-refractivity contribution >= 4 is 54.3 Å². The Hall–Kier alpha value is -10.9. The van der Waals surface area contributed by atoms with Crippen LogP contribution in [0.25, 0.3) is 87.6 Å². The van der Waals surface area contributed by atoms with Gasteiger partial charge in [0.15, 0.2) is 80.2 Å². The van der Waals surface area contributed by atoms with Crippen molar-refractivity contribution < 1.29 is 137 Å². The van der Waals surface area contributed by atoms with E-state index in [9.17, 15) is 133 Å². The van der Waals surface area contributed by atoms with Gasteiger partial charge in [-0.05, 0) is 0 Å². The van der Waals surface area contributed by atoms with Crippen LogP contribution in [0.1, 0.15) is 0 Å². The lowest BCUT2D eigenvalue weighted by Crippen LogP contribution is -1.98. The predicted molar refractivity (Wildman–Crippen MR) is 226 cm³/mol. The molecule has 0 radical (unpaired) electrons. The number of hydrogen-bond donors (Lipinski definition) is 26. The minimum absolute atomic E-state index is 1.09. The van der Waals surface area contributed by atoms with Crippen LogP contribution in [0.4, 0.5) is 0 Å². The highest BCUT2D eigenvalue weighted by Crippen LogP contribution is 2.70. The first-order valence-corrected chi connectivity index (χ1v) is 18.5. The first-order valence-electron chi connectivity index (χ1n) is 18.5. The van der Waals surface area contributed by atoms with Crippen LogP contribution >= 0.6 is 0 Å². The van der Waals surface area contributed by atoms with E-state index in [0.717, 1.165) is 0 Å². The van der Waals surface area contributed by atoms with Crippen molar-refractivity contribution in [2.45, 2.75) is 0 Å². The van der Waals surface area contributed by atoms with Gasteiger partial charge in [0.1, 0.15) is 5.75 Å². The van der Waals surface area contributed by atoms with E-state index in [1.54, 1.807) is 0 Å². The fraction of sp³-hybridized carbons (Fsp3) is 0. The molecular weight excluding hydrogens is 936 g/mol. The first kappa shape index (κ1) is 43.4. The van der Waals surface area contributed by atoms with Crippen molar-refractivity contribution in [3.05, 3.63) is 0 Å². The van der Waals surface area contributed by atoms with Gasteiger partial charge >= 0.3 is 0 Å². The third-order valence-electron chi connectivity index (χ3n) is 11.7. The van der Waals surface area contributed by atoms with Crippen molar-refractivity contribution in [1.82, 2.24) is 0 Å². The standard InChI is InChI=1S/C42H26O27/c43-15-12-13(26(54)35(63)34(62)25(12)53)27(55)42-14(15)10-8(21(49)38(66)40(68)41(10)69-42)2-5-3(16(44)28(56)30(58)18(5)46)1(4-6(2)19(47)31(59)29(57)17(4)45)7-9(22(50)33(61)32(60)20(7)48)11-23(51)36(64)39(67)37(65)24(11)52/h43-68H. The Morgan fingerprint density at radius 2 is 0.362 bits per heavy atom. The van der Waals surface area contributed by atoms with Gasteiger partial charge in [-0.3, -0.25) is 0 Å². The second-order valence-electron chi connectivity index (χ2n) is 15.1. The van der Waals surface area contributed by atoms with Crippen LogP contribution in [-0.2, 0) is 0 Å². The van der Waals surface area contributed by atoms with Crippen LogP contribution in [0.5, 0.6) is 149 Å². The second kappa shape index (κ2) is 13.4. The molecule has 0 saturated heterocycles. The lowest BCUT2D eigenvalue weighted by molar-refractivity contribution is 0.329. The van der Waals surface area contributed by atoms with Gasteiger partial charge in [-0.1, -0.05) is 0 Å². The summed E-state index contributed by atoms with van der Waals surface area (Å²) in [6, 6.07) is 0. The highest BCUT2D eigenvalue weighted by Gasteiger charge is 2.41. The smallest absolute Gasteiger partial charge is 0.208 e. The molecule has 8 aromatic carbocycles. The summed E-state index contributed by atoms with van der Waals surface area (Å²) in [6.45, 7) is 0. The van der Waals surface area contributed by atoms with Crippen LogP contribution in [0, 0.1) is 0 Å². The number of furan rings is 1. The largest absolute Gasteiger partial charge is 0.506 e. The molecule has 0 atom stereocenters. The summed E-state index contributed by atoms with van der Waals surface area (Å²) in [5.41, 5.74) is -11.3. The summed E-state index contributed by atoms with van der Waals surface area (Å²) < 4.78 is 5.56. The predicted octanol–water partition coefficient (Wildman–Crippen LogP) is 4.39. The van der Waals surface area contributed by atoms with E-state index in [2.05, 4.69) is 0 Å². The highest BCUT2D eigenvalue weighted by atomic mass is 16.4. The molecule has 26 N–H and O–H groups in total. The van der Waals surface area contributed by atoms with Crippen LogP contribution in [-0.4, -0.2) is 133 Å². The van der Waals surface area contributed by atoms with Crippen molar-refractivity contribution in [2.24, 2.45) is 0 Å². The quantitative estimate of drug-likeness (QED) is 0.0663. The average Bonchev–Trinajstić information content (AvgIpc) is 3.73. The molecule has 0 spiro atoms. The van der Waals surface area contributed by atoms with Crippen molar-refractivity contribution in [2.75, 3.05) is 0 Å². The molecule has 0 amide bonds. The number of rotatable bonds is 3. The Bertz CT molecular complexity index is 3850. The topological polar surface area (TPSA) is 539 Å². The maximum absolute atomic E-state index is 11.9. The number of phenolic OH excluding ortho intramolecular Hbond substituents is 26. The molecule has 0 fully saturated rings. The molecule has 69 heavy (non-hydrogen) atoms. The fourth-order valence-corrected chi connectivity index (χ4v) is 8.55. The summed E-state index contributed by atoms with van der Waals surface area (Å²) >= 11 is 0. The summed E-state index contributed by atoms with van der Waals surface area (Å²) in [5, 5.41) is 279. The summed E-state index contributed by atoms with van der Waals surface area (Å²) in [7, 11) is 0. The number of phenols is 26. The molecule has 0 aliphatic heterocycles. The van der Waals surface area contributed by atoms with Gasteiger partial charge in [-0.25, -0.2) is 0 Å². The van der Waals surface area contributed by atoms with Crippen LogP contribution < -0.4 is 0 Å². The van der Waals surface area contributed by atoms with Gasteiger partial charge in [0.2, 0.25) is 74.7 Å². The van der Waals surface area contributed by atoms with Gasteiger partial charge in [-0.15, -0.1) is 0 Å². The molecule has 0 unspecified atom stereocenters. The summed E-state index contributed by atoms with van der Waals surface area (Å²) in [6.07, 6.45) is 0. The molecule has 0 aliphatic carbocycles. The van der Waals surface area contributed by atoms with E-state index in [0.29, 0.717) is 0 Å². The zero-order valence-corrected chi connectivity index (χ0v) is 33.0. The third-order valence-corrected chi connectivity index (χ3v) is 11.7. The number of hydrogen-bond acceptors (Lipinski definition) is 27. The van der Waals surface area contributed by atoms with Crippen LogP contribution in [0.15, 0.2) is 4.42 Å². The summed E-state index contributed by atoms with van der Waals surface area (Å²) in [5.74, 6) is -44.1. The Morgan fingerprint density at radius 1 is 0.130 bits per heavy atom. The molecular formula is C42H26O27. The van der Waals surface area contributed by atoms with Gasteiger partial charge in [0.25, 0.3) is 0 Å². The number of aromatic hydroxyl groups is 26. The zero-order valence-electron chi connectivity index (χ0n) is 33.0. The Balaban J connectivity index is 1.69. The average molecular weight is 963 g/mol. The monoisotopic (exact) mass is 962 g/mol. The summed E-state index contributed by atoms with van der Waals surface area (Å²) in [4.78, 5) is 0. The molecule has 0 bridgehead atoms. The number of benzene rings is 8. The highest BCUT2D eigenvalue weighted by molar-refractivity contribution is 6.35. The Morgan fingerprint density at radius 3 is 0.739 bits per heavy atom. The van der Waals surface area contributed by atoms with E-state index < -0.39 is 237 Å². The van der Waals surface area contributed by atoms with E-state index >= 15 is 0 Å². The Kier molecular flexibility index (Phi) is 8.40. The molecule has 9 rings (SSSR count). The van der Waals surface area contributed by atoms with Crippen molar-refractivity contribution in [3.8, 4) is 183 Å². The molecule has 27 nitrogen and oxygen atoms in total. The van der Waals surface area contributed by atoms with Gasteiger partial charge in [0.05, 0.1) is 21.7 Å². The van der Waals surface area contributed by atoms with Crippen molar-refractivity contribution in [3.63, 3.8) is 0 Å². The molecule has 0 saturated carbocycles. The lowest BCUT2D eigenvalue weighted by atomic mass is 9.80. The lowest BCUT2D eigenvalue weighted by Gasteiger charge is -2.25. The second-order valence-corrected chi connectivity index (χ2v) is 15.1. The third kappa shape index (κ3) is 4.86. The fourth-order valence-electron chi connectivity index (χ4n) is 8.55. The molecule has 356 valence electrons. The molecule has 9 aromatic rings. The molecule has 1 aromatic heterocycles. The normalized spacial score (nSPS) is 11.8. The maximum atomic E-state index is 11.9. The minimum Gasteiger partial charge on any atom is -0.506 e. The molecule has 27 heteroatoms. The number of fused-ring (bicyclic) bond motifs is 6. The van der Waals surface area contributed by atoms with E-state index in [1.807, 2.05) is 0 Å². The zero-order chi connectivity index (χ0) is 51.0. The molecule has 0 aliphatic rings. The van der Waals surface area contributed by atoms with Gasteiger partial charge in [-0.2, -0.15) is 0 Å². The van der Waals surface area contributed by atoms with Crippen LogP contribution in [0.3, 0.4) is 0 Å². The van der Waals surface area contributed by atoms with Gasteiger partial charge in [0, 0.05) is 54.7 Å². The minimum atomic E-state index is -1.86. The van der Waals surface area contributed by atoms with Crippen LogP contribution in [0.2, 0.25) is 0 Å². The van der Waals surface area contributed by atoms with E-state index in [4.69, 9.17) is 4.42 Å². The Labute approximate surface area is 373 Å². The molecule has 1 heterocycles. The maximum Gasteiger partial charge on any atom is 0.208 e. The van der Waals surface area contributed by atoms with E-state index in [1.165, 1.54) is 0 Å². The van der Waals surface area contributed by atoms with Crippen molar-refractivity contribution in [1.29, 1.82) is 0 Å². The SMILES string of the molecule is Oc1c(O)c(O)c(-c2c(O)c(O)c(O)c(O)c2-c2c3c(O)c(O)c(O)c(O)c3c(-c3c(O)c(O)c(O)c4oc5c(O)c6c(O)c(O)c(O)c(O)c6c(O)c5c34)c3c(O)c(O)c(O)c(O)c23)c(O)c1O. The van der Waals surface area contributed by atoms with E-state index in [-0.39, 0.29) is 0 Å².